The lowest BCUT2D eigenvalue weighted by Gasteiger charge is -2.20. The Morgan fingerprint density at radius 1 is 1.38 bits per heavy atom. The molecule has 3 N–H and O–H groups in total. The molecule has 0 aromatic carbocycles. The van der Waals surface area contributed by atoms with E-state index in [0.717, 1.165) is 10.6 Å². The van der Waals surface area contributed by atoms with Crippen molar-refractivity contribution in [1.29, 1.82) is 0 Å². The van der Waals surface area contributed by atoms with Gasteiger partial charge in [-0.1, -0.05) is 33.4 Å². The molecule has 0 bridgehead atoms. The van der Waals surface area contributed by atoms with Crippen LogP contribution in [0.3, 0.4) is 0 Å². The predicted molar refractivity (Wildman–Crippen MR) is 76.5 cm³/mol. The Bertz CT molecular complexity index is 226. The maximum absolute atomic E-state index is 5.56. The van der Waals surface area contributed by atoms with E-state index in [1.807, 2.05) is 18.7 Å². The topological polar surface area (TPSA) is 38.0 Å². The van der Waals surface area contributed by atoms with E-state index >= 15 is 0 Å². The summed E-state index contributed by atoms with van der Waals surface area (Å²) in [6.07, 6.45) is 3.63. The first-order valence-electron chi connectivity index (χ1n) is 6.06. The molecule has 0 aromatic heterocycles. The van der Waals surface area contributed by atoms with Crippen molar-refractivity contribution in [3.05, 3.63) is 23.8 Å². The van der Waals surface area contributed by atoms with Crippen LogP contribution in [0.4, 0.5) is 0 Å². The van der Waals surface area contributed by atoms with Gasteiger partial charge in [-0.2, -0.15) is 0 Å². The zero-order valence-electron chi connectivity index (χ0n) is 10.9. The highest BCUT2D eigenvalue weighted by Gasteiger charge is 2.11. The van der Waals surface area contributed by atoms with Crippen molar-refractivity contribution in [3.63, 3.8) is 0 Å². The standard InChI is InChI=1S/C13H26N2S/c1-6-8-13(7-2)16-12(5)11(4)15-10(3)9-14/h10,13,15H,4-9,14H2,1-3H3. The Kier molecular flexibility index (Phi) is 8.49. The minimum atomic E-state index is 0.260. The van der Waals surface area contributed by atoms with Crippen LogP contribution in [0.25, 0.3) is 0 Å². The highest BCUT2D eigenvalue weighted by atomic mass is 32.2. The number of nitrogens with one attached hydrogen (secondary N) is 1. The van der Waals surface area contributed by atoms with E-state index in [0.29, 0.717) is 11.8 Å². The summed E-state index contributed by atoms with van der Waals surface area (Å²) in [5, 5.41) is 3.92. The SMILES string of the molecule is C=C(NC(C)CN)C(=C)SC(CC)CCC. The molecule has 0 radical (unpaired) electrons. The average Bonchev–Trinajstić information content (AvgIpc) is 2.27. The molecule has 0 saturated carbocycles. The largest absolute Gasteiger partial charge is 0.381 e. The Labute approximate surface area is 105 Å². The first-order chi connectivity index (χ1) is 7.54. The highest BCUT2D eigenvalue weighted by molar-refractivity contribution is 8.03. The third kappa shape index (κ3) is 6.23. The van der Waals surface area contributed by atoms with E-state index in [1.54, 1.807) is 0 Å². The molecule has 0 fully saturated rings. The lowest BCUT2D eigenvalue weighted by atomic mass is 10.2. The second-order valence-corrected chi connectivity index (χ2v) is 5.51. The Hall–Kier alpha value is -0.410. The summed E-state index contributed by atoms with van der Waals surface area (Å²) in [7, 11) is 0. The van der Waals surface area contributed by atoms with Gasteiger partial charge in [0.25, 0.3) is 0 Å². The molecule has 0 aliphatic rings. The maximum atomic E-state index is 5.56. The third-order valence-corrected chi connectivity index (χ3v) is 3.92. The summed E-state index contributed by atoms with van der Waals surface area (Å²) in [4.78, 5) is 1.04. The van der Waals surface area contributed by atoms with Crippen LogP contribution in [0, 0.1) is 0 Å². The van der Waals surface area contributed by atoms with E-state index in [-0.39, 0.29) is 6.04 Å². The lowest BCUT2D eigenvalue weighted by molar-refractivity contribution is 0.632. The summed E-state index contributed by atoms with van der Waals surface area (Å²) in [5.74, 6) is 0. The highest BCUT2D eigenvalue weighted by Crippen LogP contribution is 2.29. The molecule has 3 heteroatoms. The van der Waals surface area contributed by atoms with Crippen LogP contribution < -0.4 is 11.1 Å². The van der Waals surface area contributed by atoms with Gasteiger partial charge in [0.2, 0.25) is 0 Å². The number of nitrogens with two attached hydrogens (primary N) is 1. The van der Waals surface area contributed by atoms with Crippen molar-refractivity contribution in [3.8, 4) is 0 Å². The van der Waals surface area contributed by atoms with Gasteiger partial charge in [-0.25, -0.2) is 0 Å². The van der Waals surface area contributed by atoms with Gasteiger partial charge >= 0.3 is 0 Å². The van der Waals surface area contributed by atoms with Crippen molar-refractivity contribution in [2.24, 2.45) is 5.73 Å². The minimum absolute atomic E-state index is 0.260. The zero-order valence-corrected chi connectivity index (χ0v) is 11.7. The Morgan fingerprint density at radius 2 is 2.00 bits per heavy atom. The zero-order chi connectivity index (χ0) is 12.6. The molecule has 0 rings (SSSR count). The predicted octanol–water partition coefficient (Wildman–Crippen LogP) is 3.26. The quantitative estimate of drug-likeness (QED) is 0.610. The van der Waals surface area contributed by atoms with Crippen LogP contribution in [0.15, 0.2) is 23.8 Å². The maximum Gasteiger partial charge on any atom is 0.0401 e. The Balaban J connectivity index is 4.07. The molecule has 0 aromatic rings. The first kappa shape index (κ1) is 15.6. The molecule has 94 valence electrons. The number of thioether (sulfide) groups is 1. The number of hydrogen-bond donors (Lipinski definition) is 2. The summed E-state index contributed by atoms with van der Waals surface area (Å²) < 4.78 is 0. The van der Waals surface area contributed by atoms with Crippen LogP contribution in [0.2, 0.25) is 0 Å². The van der Waals surface area contributed by atoms with Gasteiger partial charge in [0, 0.05) is 28.4 Å². The van der Waals surface area contributed by atoms with Crippen molar-refractivity contribution >= 4 is 11.8 Å². The third-order valence-electron chi connectivity index (χ3n) is 2.49. The molecule has 0 aliphatic heterocycles. The van der Waals surface area contributed by atoms with Gasteiger partial charge in [0.15, 0.2) is 0 Å². The van der Waals surface area contributed by atoms with Crippen LogP contribution in [-0.4, -0.2) is 17.8 Å². The minimum Gasteiger partial charge on any atom is -0.381 e. The molecule has 2 unspecified atom stereocenters. The lowest BCUT2D eigenvalue weighted by Crippen LogP contribution is -2.32. The van der Waals surface area contributed by atoms with E-state index in [4.69, 9.17) is 5.73 Å². The van der Waals surface area contributed by atoms with Crippen LogP contribution in [0.1, 0.15) is 40.0 Å². The fraction of sp³-hybridized carbons (Fsp3) is 0.692. The molecule has 0 heterocycles. The normalized spacial score (nSPS) is 14.2. The van der Waals surface area contributed by atoms with Gasteiger partial charge in [-0.3, -0.25) is 0 Å². The molecular weight excluding hydrogens is 216 g/mol. The fourth-order valence-corrected chi connectivity index (χ4v) is 2.50. The molecule has 0 spiro atoms. The van der Waals surface area contributed by atoms with Crippen molar-refractivity contribution in [1.82, 2.24) is 5.32 Å². The average molecular weight is 242 g/mol. The fourth-order valence-electron chi connectivity index (χ4n) is 1.38. The number of hydrogen-bond acceptors (Lipinski definition) is 3. The monoisotopic (exact) mass is 242 g/mol. The van der Waals surface area contributed by atoms with Crippen molar-refractivity contribution in [2.75, 3.05) is 6.54 Å². The van der Waals surface area contributed by atoms with Crippen molar-refractivity contribution < 1.29 is 0 Å². The van der Waals surface area contributed by atoms with E-state index < -0.39 is 0 Å². The van der Waals surface area contributed by atoms with Crippen LogP contribution >= 0.6 is 11.8 Å². The van der Waals surface area contributed by atoms with Crippen molar-refractivity contribution in [2.45, 2.75) is 51.3 Å². The smallest absolute Gasteiger partial charge is 0.0401 e. The van der Waals surface area contributed by atoms with E-state index in [9.17, 15) is 0 Å². The van der Waals surface area contributed by atoms with Gasteiger partial charge in [-0.05, 0) is 19.8 Å². The second kappa shape index (κ2) is 8.71. The number of rotatable bonds is 9. The van der Waals surface area contributed by atoms with Gasteiger partial charge in [-0.15, -0.1) is 11.8 Å². The molecular formula is C13H26N2S. The molecule has 0 saturated heterocycles. The first-order valence-corrected chi connectivity index (χ1v) is 6.94. The van der Waals surface area contributed by atoms with Gasteiger partial charge < -0.3 is 11.1 Å². The van der Waals surface area contributed by atoms with Gasteiger partial charge in [0.05, 0.1) is 0 Å². The summed E-state index contributed by atoms with van der Waals surface area (Å²) in [6.45, 7) is 15.2. The molecule has 0 aliphatic carbocycles. The molecule has 0 amide bonds. The molecule has 2 nitrogen and oxygen atoms in total. The Morgan fingerprint density at radius 3 is 2.44 bits per heavy atom. The van der Waals surface area contributed by atoms with E-state index in [2.05, 4.69) is 32.3 Å². The van der Waals surface area contributed by atoms with Gasteiger partial charge in [0.1, 0.15) is 0 Å². The van der Waals surface area contributed by atoms with Crippen LogP contribution in [0.5, 0.6) is 0 Å². The van der Waals surface area contributed by atoms with E-state index in [1.165, 1.54) is 19.3 Å². The summed E-state index contributed by atoms with van der Waals surface area (Å²) >= 11 is 1.83. The summed E-state index contributed by atoms with van der Waals surface area (Å²) in [5.41, 5.74) is 6.47. The summed E-state index contributed by atoms with van der Waals surface area (Å²) in [6, 6.07) is 0.260. The molecule has 2 atom stereocenters. The molecule has 16 heavy (non-hydrogen) atoms. The second-order valence-electron chi connectivity index (χ2n) is 4.12. The van der Waals surface area contributed by atoms with Crippen LogP contribution in [-0.2, 0) is 0 Å².